The topological polar surface area (TPSA) is 130 Å². The number of benzene rings is 1. The molecule has 1 saturated heterocycles. The van der Waals surface area contributed by atoms with Gasteiger partial charge in [0.05, 0.1) is 22.7 Å². The molecule has 0 aliphatic carbocycles. The van der Waals surface area contributed by atoms with Gasteiger partial charge in [-0.3, -0.25) is 14.9 Å². The zero-order chi connectivity index (χ0) is 23.2. The first kappa shape index (κ1) is 22.9. The van der Waals surface area contributed by atoms with E-state index in [-0.39, 0.29) is 23.5 Å². The quantitative estimate of drug-likeness (QED) is 0.435. The van der Waals surface area contributed by atoms with E-state index in [4.69, 9.17) is 13.8 Å². The van der Waals surface area contributed by atoms with Gasteiger partial charge in [-0.25, -0.2) is 0 Å². The second-order valence-electron chi connectivity index (χ2n) is 9.59. The molecule has 2 heterocycles. The van der Waals surface area contributed by atoms with Crippen molar-refractivity contribution < 1.29 is 23.5 Å². The molecule has 0 saturated carbocycles. The number of carbonyl (C=O) groups excluding carboxylic acids is 1. The third-order valence-electron chi connectivity index (χ3n) is 5.56. The maximum absolute atomic E-state index is 12.3. The summed E-state index contributed by atoms with van der Waals surface area (Å²) in [6, 6.07) is 4.68. The summed E-state index contributed by atoms with van der Waals surface area (Å²) in [6.07, 6.45) is 0. The van der Waals surface area contributed by atoms with Gasteiger partial charge >= 0.3 is 18.9 Å². The summed E-state index contributed by atoms with van der Waals surface area (Å²) < 4.78 is 16.9. The molecule has 1 aromatic heterocycles. The number of aromatic nitrogens is 2. The Hall–Kier alpha value is -2.79. The molecule has 1 aliphatic heterocycles. The first-order chi connectivity index (χ1) is 14.2. The van der Waals surface area contributed by atoms with Crippen LogP contribution >= 0.6 is 0 Å². The van der Waals surface area contributed by atoms with Crippen molar-refractivity contribution in [2.75, 3.05) is 0 Å². The van der Waals surface area contributed by atoms with Crippen LogP contribution in [0.4, 0.5) is 5.69 Å². The van der Waals surface area contributed by atoms with Gasteiger partial charge in [0.2, 0.25) is 0 Å². The smallest absolute Gasteiger partial charge is 0.399 e. The summed E-state index contributed by atoms with van der Waals surface area (Å²) in [5, 5.41) is 18.0. The number of nitro groups is 1. The number of rotatable bonds is 5. The standard InChI is InChI=1S/C20H27BN4O6/c1-18(2,3)17-23-16(29-24-17)15(26)22-11-12-8-9-13(10-14(12)25(27)28)21-30-19(4,5)20(6,7)31-21/h8-10H,11H2,1-7H3,(H,22,26). The molecule has 2 aromatic rings. The normalized spacial score (nSPS) is 17.6. The lowest BCUT2D eigenvalue weighted by atomic mass is 9.78. The van der Waals surface area contributed by atoms with E-state index >= 15 is 0 Å². The second-order valence-corrected chi connectivity index (χ2v) is 9.59. The van der Waals surface area contributed by atoms with Gasteiger partial charge in [-0.05, 0) is 33.2 Å². The minimum Gasteiger partial charge on any atom is -0.399 e. The lowest BCUT2D eigenvalue weighted by Crippen LogP contribution is -2.41. The summed E-state index contributed by atoms with van der Waals surface area (Å²) in [6.45, 7) is 13.2. The first-order valence-corrected chi connectivity index (χ1v) is 9.96. The highest BCUT2D eigenvalue weighted by Crippen LogP contribution is 2.36. The minimum absolute atomic E-state index is 0.0774. The van der Waals surface area contributed by atoms with Gasteiger partial charge in [0.15, 0.2) is 5.82 Å². The fourth-order valence-corrected chi connectivity index (χ4v) is 2.90. The summed E-state index contributed by atoms with van der Waals surface area (Å²) >= 11 is 0. The summed E-state index contributed by atoms with van der Waals surface area (Å²) in [4.78, 5) is 27.6. The average molecular weight is 430 g/mol. The maximum Gasteiger partial charge on any atom is 0.495 e. The Labute approximate surface area is 181 Å². The van der Waals surface area contributed by atoms with Crippen molar-refractivity contribution in [3.8, 4) is 0 Å². The van der Waals surface area contributed by atoms with Crippen molar-refractivity contribution in [1.29, 1.82) is 0 Å². The van der Waals surface area contributed by atoms with Crippen LogP contribution in [0.15, 0.2) is 22.7 Å². The Balaban J connectivity index is 1.76. The number of hydrogen-bond acceptors (Lipinski definition) is 8. The zero-order valence-electron chi connectivity index (χ0n) is 18.8. The Morgan fingerprint density at radius 3 is 2.32 bits per heavy atom. The molecule has 0 radical (unpaired) electrons. The zero-order valence-corrected chi connectivity index (χ0v) is 18.8. The Bertz CT molecular complexity index is 995. The van der Waals surface area contributed by atoms with Gasteiger partial charge in [-0.1, -0.05) is 38.1 Å². The van der Waals surface area contributed by atoms with Crippen molar-refractivity contribution in [1.82, 2.24) is 15.5 Å². The molecule has 1 aliphatic rings. The SMILES string of the molecule is CC(C)(C)c1noc(C(=O)NCc2ccc(B3OC(C)(C)C(C)(C)O3)cc2[N+](=O)[O-])n1. The molecule has 0 bridgehead atoms. The number of carbonyl (C=O) groups is 1. The van der Waals surface area contributed by atoms with Gasteiger partial charge in [0.25, 0.3) is 5.69 Å². The lowest BCUT2D eigenvalue weighted by molar-refractivity contribution is -0.385. The van der Waals surface area contributed by atoms with Crippen LogP contribution < -0.4 is 10.8 Å². The highest BCUT2D eigenvalue weighted by atomic mass is 16.7. The molecule has 0 atom stereocenters. The molecule has 11 heteroatoms. The number of nitrogens with one attached hydrogen (secondary N) is 1. The predicted octanol–water partition coefficient (Wildman–Crippen LogP) is 2.50. The van der Waals surface area contributed by atoms with Crippen molar-refractivity contribution in [3.05, 3.63) is 45.6 Å². The van der Waals surface area contributed by atoms with Crippen LogP contribution in [0.3, 0.4) is 0 Å². The average Bonchev–Trinajstić information content (AvgIpc) is 3.22. The molecule has 10 nitrogen and oxygen atoms in total. The van der Waals surface area contributed by atoms with Crippen LogP contribution in [-0.4, -0.2) is 39.3 Å². The third-order valence-corrected chi connectivity index (χ3v) is 5.56. The molecular formula is C20H27BN4O6. The maximum atomic E-state index is 12.3. The molecule has 1 amide bonds. The molecule has 3 rings (SSSR count). The van der Waals surface area contributed by atoms with Gasteiger partial charge < -0.3 is 19.1 Å². The second kappa shape index (κ2) is 7.72. The van der Waals surface area contributed by atoms with Crippen LogP contribution in [0.2, 0.25) is 0 Å². The van der Waals surface area contributed by atoms with E-state index in [0.29, 0.717) is 16.9 Å². The van der Waals surface area contributed by atoms with Crippen molar-refractivity contribution in [2.24, 2.45) is 0 Å². The van der Waals surface area contributed by atoms with Crippen LogP contribution in [-0.2, 0) is 21.3 Å². The first-order valence-electron chi connectivity index (χ1n) is 9.96. The van der Waals surface area contributed by atoms with Crippen molar-refractivity contribution in [2.45, 2.75) is 71.6 Å². The van der Waals surface area contributed by atoms with E-state index in [1.165, 1.54) is 6.07 Å². The highest BCUT2D eigenvalue weighted by Gasteiger charge is 2.52. The minimum atomic E-state index is -0.721. The van der Waals surface area contributed by atoms with Crippen molar-refractivity contribution in [3.63, 3.8) is 0 Å². The predicted molar refractivity (Wildman–Crippen MR) is 113 cm³/mol. The fourth-order valence-electron chi connectivity index (χ4n) is 2.90. The summed E-state index contributed by atoms with van der Waals surface area (Å²) in [7, 11) is -0.721. The van der Waals surface area contributed by atoms with Crippen molar-refractivity contribution >= 4 is 24.2 Å². The van der Waals surface area contributed by atoms with Gasteiger partial charge in [-0.15, -0.1) is 0 Å². The molecule has 0 spiro atoms. The van der Waals surface area contributed by atoms with Crippen LogP contribution in [0, 0.1) is 10.1 Å². The Morgan fingerprint density at radius 2 is 1.81 bits per heavy atom. The molecular weight excluding hydrogens is 403 g/mol. The number of hydrogen-bond donors (Lipinski definition) is 1. The Kier molecular flexibility index (Phi) is 5.70. The highest BCUT2D eigenvalue weighted by molar-refractivity contribution is 6.62. The molecule has 1 aromatic carbocycles. The third kappa shape index (κ3) is 4.62. The Morgan fingerprint density at radius 1 is 1.19 bits per heavy atom. The van der Waals surface area contributed by atoms with E-state index in [9.17, 15) is 14.9 Å². The summed E-state index contributed by atoms with van der Waals surface area (Å²) in [5.74, 6) is -0.399. The van der Waals surface area contributed by atoms with E-state index in [2.05, 4.69) is 15.5 Å². The number of nitro benzene ring substituents is 1. The molecule has 1 N–H and O–H groups in total. The van der Waals surface area contributed by atoms with Gasteiger partial charge in [0.1, 0.15) is 0 Å². The molecule has 31 heavy (non-hydrogen) atoms. The molecule has 1 fully saturated rings. The number of amides is 1. The van der Waals surface area contributed by atoms with E-state index in [1.54, 1.807) is 12.1 Å². The van der Waals surface area contributed by atoms with E-state index in [0.717, 1.165) is 0 Å². The van der Waals surface area contributed by atoms with Gasteiger partial charge in [-0.2, -0.15) is 4.98 Å². The van der Waals surface area contributed by atoms with Crippen LogP contribution in [0.5, 0.6) is 0 Å². The number of nitrogens with zero attached hydrogens (tertiary/aromatic N) is 3. The monoisotopic (exact) mass is 430 g/mol. The van der Waals surface area contributed by atoms with Crippen LogP contribution in [0.1, 0.15) is 70.5 Å². The lowest BCUT2D eigenvalue weighted by Gasteiger charge is -2.32. The van der Waals surface area contributed by atoms with Crippen LogP contribution in [0.25, 0.3) is 0 Å². The van der Waals surface area contributed by atoms with E-state index < -0.39 is 29.2 Å². The fraction of sp³-hybridized carbons (Fsp3) is 0.550. The van der Waals surface area contributed by atoms with E-state index in [1.807, 2.05) is 48.5 Å². The summed E-state index contributed by atoms with van der Waals surface area (Å²) in [5.41, 5.74) is -0.774. The molecule has 166 valence electrons. The van der Waals surface area contributed by atoms with Gasteiger partial charge in [0, 0.05) is 17.0 Å². The largest absolute Gasteiger partial charge is 0.495 e. The molecule has 0 unspecified atom stereocenters.